The van der Waals surface area contributed by atoms with Crippen LogP contribution in [0.2, 0.25) is 0 Å². The number of carbonyl (C=O) groups is 1. The van der Waals surface area contributed by atoms with Crippen molar-refractivity contribution in [3.63, 3.8) is 0 Å². The smallest absolute Gasteiger partial charge is 0.251 e. The highest BCUT2D eigenvalue weighted by atomic mass is 79.9. The van der Waals surface area contributed by atoms with Gasteiger partial charge in [-0.25, -0.2) is 4.39 Å². The lowest BCUT2D eigenvalue weighted by atomic mass is 10.2. The number of hydrogen-bond acceptors (Lipinski definition) is 1. The summed E-state index contributed by atoms with van der Waals surface area (Å²) in [5.41, 5.74) is 0.439. The summed E-state index contributed by atoms with van der Waals surface area (Å²) >= 11 is 9.14. The van der Waals surface area contributed by atoms with Crippen molar-refractivity contribution in [3.05, 3.63) is 34.1 Å². The van der Waals surface area contributed by atoms with Gasteiger partial charge in [0.15, 0.2) is 0 Å². The minimum atomic E-state index is -0.377. The highest BCUT2D eigenvalue weighted by Crippen LogP contribution is 2.24. The van der Waals surface area contributed by atoms with Crippen LogP contribution in [-0.4, -0.2) is 17.3 Å². The number of nitrogens with one attached hydrogen (secondary N) is 1. The van der Waals surface area contributed by atoms with Crippen molar-refractivity contribution in [1.29, 1.82) is 0 Å². The van der Waals surface area contributed by atoms with Crippen LogP contribution in [0.3, 0.4) is 0 Å². The Morgan fingerprint density at radius 3 is 2.82 bits per heavy atom. The zero-order chi connectivity index (χ0) is 12.4. The number of halogens is 3. The molecular formula is C12H12BrClFNO. The lowest BCUT2D eigenvalue weighted by molar-refractivity contribution is 0.0938. The Morgan fingerprint density at radius 1 is 1.47 bits per heavy atom. The van der Waals surface area contributed by atoms with Gasteiger partial charge in [0.1, 0.15) is 5.82 Å². The molecule has 1 aliphatic carbocycles. The normalized spacial score (nSPS) is 23.7. The standard InChI is InChI=1S/C12H12BrClFNO/c13-8-6-7(4-5-10(8)15)12(17)16-11-3-1-2-9(11)14/h4-6,9,11H,1-3H2,(H,16,17). The predicted molar refractivity (Wildman–Crippen MR) is 68.8 cm³/mol. The molecule has 1 N–H and O–H groups in total. The summed E-state index contributed by atoms with van der Waals surface area (Å²) in [5.74, 6) is -0.583. The van der Waals surface area contributed by atoms with Crippen LogP contribution in [0.4, 0.5) is 4.39 Å². The molecule has 2 unspecified atom stereocenters. The third-order valence-corrected chi connectivity index (χ3v) is 4.06. The van der Waals surface area contributed by atoms with Crippen LogP contribution in [-0.2, 0) is 0 Å². The molecule has 2 nitrogen and oxygen atoms in total. The molecule has 1 aliphatic rings. The van der Waals surface area contributed by atoms with Gasteiger partial charge in [0, 0.05) is 11.6 Å². The van der Waals surface area contributed by atoms with Crippen LogP contribution in [0.15, 0.2) is 22.7 Å². The Morgan fingerprint density at radius 2 is 2.24 bits per heavy atom. The van der Waals surface area contributed by atoms with E-state index in [-0.39, 0.29) is 23.1 Å². The van der Waals surface area contributed by atoms with E-state index in [0.29, 0.717) is 10.0 Å². The molecule has 0 saturated heterocycles. The Balaban J connectivity index is 2.06. The third-order valence-electron chi connectivity index (χ3n) is 2.93. The second-order valence-electron chi connectivity index (χ2n) is 4.16. The average molecular weight is 321 g/mol. The van der Waals surface area contributed by atoms with Gasteiger partial charge in [0.25, 0.3) is 5.91 Å². The first-order valence-electron chi connectivity index (χ1n) is 5.48. The molecule has 92 valence electrons. The van der Waals surface area contributed by atoms with Crippen molar-refractivity contribution in [2.75, 3.05) is 0 Å². The molecule has 1 saturated carbocycles. The Kier molecular flexibility index (Phi) is 4.05. The minimum Gasteiger partial charge on any atom is -0.348 e. The van der Waals surface area contributed by atoms with Crippen molar-refractivity contribution in [2.24, 2.45) is 0 Å². The fraction of sp³-hybridized carbons (Fsp3) is 0.417. The molecule has 1 aromatic rings. The van der Waals surface area contributed by atoms with E-state index in [4.69, 9.17) is 11.6 Å². The van der Waals surface area contributed by atoms with Crippen LogP contribution in [0, 0.1) is 5.82 Å². The zero-order valence-corrected chi connectivity index (χ0v) is 11.4. The fourth-order valence-corrected chi connectivity index (χ4v) is 2.69. The van der Waals surface area contributed by atoms with Crippen molar-refractivity contribution < 1.29 is 9.18 Å². The summed E-state index contributed by atoms with van der Waals surface area (Å²) in [5, 5.41) is 2.88. The highest BCUT2D eigenvalue weighted by molar-refractivity contribution is 9.10. The van der Waals surface area contributed by atoms with E-state index in [2.05, 4.69) is 21.2 Å². The monoisotopic (exact) mass is 319 g/mol. The van der Waals surface area contributed by atoms with E-state index in [1.807, 2.05) is 0 Å². The zero-order valence-electron chi connectivity index (χ0n) is 9.05. The highest BCUT2D eigenvalue weighted by Gasteiger charge is 2.26. The molecule has 0 aromatic heterocycles. The summed E-state index contributed by atoms with van der Waals surface area (Å²) in [4.78, 5) is 11.9. The fourth-order valence-electron chi connectivity index (χ4n) is 1.97. The summed E-state index contributed by atoms with van der Waals surface area (Å²) in [6.45, 7) is 0. The number of hydrogen-bond donors (Lipinski definition) is 1. The molecule has 0 aliphatic heterocycles. The molecule has 0 heterocycles. The van der Waals surface area contributed by atoms with E-state index in [1.165, 1.54) is 18.2 Å². The molecule has 2 atom stereocenters. The third kappa shape index (κ3) is 2.99. The summed E-state index contributed by atoms with van der Waals surface area (Å²) in [7, 11) is 0. The largest absolute Gasteiger partial charge is 0.348 e. The predicted octanol–water partition coefficient (Wildman–Crippen LogP) is 3.48. The van der Waals surface area contributed by atoms with Crippen LogP contribution >= 0.6 is 27.5 Å². The summed E-state index contributed by atoms with van der Waals surface area (Å²) in [6, 6.07) is 4.23. The maximum Gasteiger partial charge on any atom is 0.251 e. The van der Waals surface area contributed by atoms with Gasteiger partial charge in [0.2, 0.25) is 0 Å². The minimum absolute atomic E-state index is 0.00263. The van der Waals surface area contributed by atoms with Crippen LogP contribution in [0.1, 0.15) is 29.6 Å². The lowest BCUT2D eigenvalue weighted by Crippen LogP contribution is -2.37. The van der Waals surface area contributed by atoms with Gasteiger partial charge in [-0.3, -0.25) is 4.79 Å². The van der Waals surface area contributed by atoms with E-state index in [9.17, 15) is 9.18 Å². The first-order chi connectivity index (χ1) is 8.08. The maximum atomic E-state index is 13.0. The molecular weight excluding hydrogens is 308 g/mol. The second-order valence-corrected chi connectivity index (χ2v) is 5.57. The summed E-state index contributed by atoms with van der Waals surface area (Å²) < 4.78 is 13.3. The Bertz CT molecular complexity index is 441. The molecule has 2 rings (SSSR count). The number of amides is 1. The van der Waals surface area contributed by atoms with Gasteiger partial charge < -0.3 is 5.32 Å². The van der Waals surface area contributed by atoms with Crippen LogP contribution in [0.5, 0.6) is 0 Å². The quantitative estimate of drug-likeness (QED) is 0.831. The van der Waals surface area contributed by atoms with E-state index in [1.54, 1.807) is 0 Å². The van der Waals surface area contributed by atoms with Crippen LogP contribution < -0.4 is 5.32 Å². The van der Waals surface area contributed by atoms with Gasteiger partial charge in [-0.15, -0.1) is 11.6 Å². The van der Waals surface area contributed by atoms with E-state index in [0.717, 1.165) is 19.3 Å². The van der Waals surface area contributed by atoms with E-state index >= 15 is 0 Å². The van der Waals surface area contributed by atoms with Gasteiger partial charge in [-0.2, -0.15) is 0 Å². The van der Waals surface area contributed by atoms with Crippen LogP contribution in [0.25, 0.3) is 0 Å². The van der Waals surface area contributed by atoms with Crippen molar-refractivity contribution in [1.82, 2.24) is 5.32 Å². The molecule has 1 aromatic carbocycles. The number of alkyl halides is 1. The molecule has 1 amide bonds. The van der Waals surface area contributed by atoms with Crippen molar-refractivity contribution in [3.8, 4) is 0 Å². The summed E-state index contributed by atoms with van der Waals surface area (Å²) in [6.07, 6.45) is 2.87. The SMILES string of the molecule is O=C(NC1CCCC1Cl)c1ccc(F)c(Br)c1. The van der Waals surface area contributed by atoms with E-state index < -0.39 is 0 Å². The topological polar surface area (TPSA) is 29.1 Å². The molecule has 17 heavy (non-hydrogen) atoms. The molecule has 0 bridgehead atoms. The Labute approximate surface area is 113 Å². The van der Waals surface area contributed by atoms with Gasteiger partial charge in [-0.1, -0.05) is 0 Å². The van der Waals surface area contributed by atoms with Crippen molar-refractivity contribution in [2.45, 2.75) is 30.7 Å². The first-order valence-corrected chi connectivity index (χ1v) is 6.71. The first kappa shape index (κ1) is 12.8. The molecule has 0 spiro atoms. The van der Waals surface area contributed by atoms with Crippen molar-refractivity contribution >= 4 is 33.4 Å². The number of benzene rings is 1. The molecule has 5 heteroatoms. The second kappa shape index (κ2) is 5.36. The number of rotatable bonds is 2. The number of carbonyl (C=O) groups excluding carboxylic acids is 1. The Hall–Kier alpha value is -0.610. The average Bonchev–Trinajstić information content (AvgIpc) is 2.68. The maximum absolute atomic E-state index is 13.0. The van der Waals surface area contributed by atoms with Gasteiger partial charge >= 0.3 is 0 Å². The molecule has 1 fully saturated rings. The van der Waals surface area contributed by atoms with Gasteiger partial charge in [-0.05, 0) is 53.4 Å². The lowest BCUT2D eigenvalue weighted by Gasteiger charge is -2.15. The van der Waals surface area contributed by atoms with Gasteiger partial charge in [0.05, 0.1) is 9.85 Å². The molecule has 0 radical (unpaired) electrons.